The Morgan fingerprint density at radius 3 is 2.54 bits per heavy atom. The molecule has 132 valence electrons. The van der Waals surface area contributed by atoms with Crippen molar-refractivity contribution in [2.75, 3.05) is 7.11 Å². The Balaban J connectivity index is 1.80. The van der Waals surface area contributed by atoms with Crippen molar-refractivity contribution in [3.05, 3.63) is 71.9 Å². The highest BCUT2D eigenvalue weighted by Crippen LogP contribution is 2.17. The molecule has 6 heteroatoms. The lowest BCUT2D eigenvalue weighted by Gasteiger charge is -2.15. The van der Waals surface area contributed by atoms with Crippen LogP contribution in [0.3, 0.4) is 0 Å². The molecular weight excluding hydrogens is 332 g/mol. The first kappa shape index (κ1) is 17.4. The summed E-state index contributed by atoms with van der Waals surface area (Å²) < 4.78 is 5.09. The molecule has 0 saturated carbocycles. The number of carboxylic acids is 1. The third-order valence-corrected chi connectivity index (χ3v) is 4.10. The predicted molar refractivity (Wildman–Crippen MR) is 97.3 cm³/mol. The number of hydrogen-bond donors (Lipinski definition) is 2. The van der Waals surface area contributed by atoms with Gasteiger partial charge in [0.2, 0.25) is 0 Å². The van der Waals surface area contributed by atoms with Gasteiger partial charge in [0.25, 0.3) is 5.91 Å². The molecular formula is C20H18N2O4. The summed E-state index contributed by atoms with van der Waals surface area (Å²) in [6.07, 6.45) is 1.71. The zero-order valence-corrected chi connectivity index (χ0v) is 14.2. The fourth-order valence-electron chi connectivity index (χ4n) is 2.73. The number of benzene rings is 2. The summed E-state index contributed by atoms with van der Waals surface area (Å²) >= 11 is 0. The molecule has 26 heavy (non-hydrogen) atoms. The Morgan fingerprint density at radius 1 is 1.12 bits per heavy atom. The van der Waals surface area contributed by atoms with Crippen LogP contribution in [-0.4, -0.2) is 35.1 Å². The molecule has 2 N–H and O–H groups in total. The van der Waals surface area contributed by atoms with Gasteiger partial charge in [-0.15, -0.1) is 0 Å². The zero-order valence-electron chi connectivity index (χ0n) is 14.2. The van der Waals surface area contributed by atoms with Crippen LogP contribution in [0.5, 0.6) is 5.75 Å². The van der Waals surface area contributed by atoms with Gasteiger partial charge in [0.15, 0.2) is 0 Å². The summed E-state index contributed by atoms with van der Waals surface area (Å²) in [5, 5.41) is 12.8. The van der Waals surface area contributed by atoms with Crippen molar-refractivity contribution in [3.63, 3.8) is 0 Å². The van der Waals surface area contributed by atoms with E-state index in [9.17, 15) is 14.7 Å². The summed E-state index contributed by atoms with van der Waals surface area (Å²) in [6.45, 7) is 0. The fraction of sp³-hybridized carbons (Fsp3) is 0.150. The van der Waals surface area contributed by atoms with Gasteiger partial charge in [-0.3, -0.25) is 9.78 Å². The lowest BCUT2D eigenvalue weighted by atomic mass is 10.0. The van der Waals surface area contributed by atoms with Gasteiger partial charge < -0.3 is 15.2 Å². The van der Waals surface area contributed by atoms with Crippen molar-refractivity contribution < 1.29 is 19.4 Å². The van der Waals surface area contributed by atoms with E-state index in [0.29, 0.717) is 22.2 Å². The van der Waals surface area contributed by atoms with Crippen LogP contribution in [0, 0.1) is 0 Å². The molecule has 0 saturated heterocycles. The Kier molecular flexibility index (Phi) is 5.12. The SMILES string of the molecule is COc1ccc(C[C@H](NC(=O)c2ccnc3ccccc23)C(=O)O)cc1. The highest BCUT2D eigenvalue weighted by Gasteiger charge is 2.22. The standard InChI is InChI=1S/C20H18N2O4/c1-26-14-8-6-13(7-9-14)12-18(20(24)25)22-19(23)16-10-11-21-17-5-3-2-4-15(16)17/h2-11,18H,12H2,1H3,(H,22,23)(H,24,25)/t18-/m0/s1. The number of carbonyl (C=O) groups excluding carboxylic acids is 1. The van der Waals surface area contributed by atoms with Crippen LogP contribution in [0.4, 0.5) is 0 Å². The van der Waals surface area contributed by atoms with Gasteiger partial charge in [-0.2, -0.15) is 0 Å². The number of aliphatic carboxylic acids is 1. The molecule has 1 atom stereocenters. The van der Waals surface area contributed by atoms with E-state index in [0.717, 1.165) is 5.56 Å². The van der Waals surface area contributed by atoms with Crippen LogP contribution in [0.15, 0.2) is 60.8 Å². The quantitative estimate of drug-likeness (QED) is 0.713. The number of methoxy groups -OCH3 is 1. The highest BCUT2D eigenvalue weighted by atomic mass is 16.5. The topological polar surface area (TPSA) is 88.5 Å². The van der Waals surface area contributed by atoms with Crippen LogP contribution >= 0.6 is 0 Å². The van der Waals surface area contributed by atoms with E-state index >= 15 is 0 Å². The van der Waals surface area contributed by atoms with Crippen molar-refractivity contribution in [2.24, 2.45) is 0 Å². The van der Waals surface area contributed by atoms with Gasteiger partial charge in [0.05, 0.1) is 18.2 Å². The molecule has 2 aromatic carbocycles. The Morgan fingerprint density at radius 2 is 1.85 bits per heavy atom. The van der Waals surface area contributed by atoms with Crippen molar-refractivity contribution in [1.82, 2.24) is 10.3 Å². The van der Waals surface area contributed by atoms with Crippen molar-refractivity contribution in [3.8, 4) is 5.75 Å². The minimum Gasteiger partial charge on any atom is -0.497 e. The van der Waals surface area contributed by atoms with Crippen molar-refractivity contribution in [2.45, 2.75) is 12.5 Å². The Bertz CT molecular complexity index is 933. The first-order valence-electron chi connectivity index (χ1n) is 8.09. The predicted octanol–water partition coefficient (Wildman–Crippen LogP) is 2.67. The van der Waals surface area contributed by atoms with Crippen LogP contribution in [0.1, 0.15) is 15.9 Å². The van der Waals surface area contributed by atoms with Crippen molar-refractivity contribution in [1.29, 1.82) is 0 Å². The van der Waals surface area contributed by atoms with Gasteiger partial charge in [-0.05, 0) is 29.8 Å². The van der Waals surface area contributed by atoms with E-state index in [1.165, 1.54) is 6.20 Å². The Hall–Kier alpha value is -3.41. The normalized spacial score (nSPS) is 11.7. The first-order valence-corrected chi connectivity index (χ1v) is 8.09. The number of pyridine rings is 1. The zero-order chi connectivity index (χ0) is 18.5. The number of carbonyl (C=O) groups is 2. The molecule has 6 nitrogen and oxygen atoms in total. The molecule has 0 aliphatic heterocycles. The maximum absolute atomic E-state index is 12.6. The maximum atomic E-state index is 12.6. The van der Waals surface area contributed by atoms with Gasteiger partial charge in [-0.1, -0.05) is 30.3 Å². The van der Waals surface area contributed by atoms with Crippen LogP contribution in [0.25, 0.3) is 10.9 Å². The van der Waals surface area contributed by atoms with E-state index in [2.05, 4.69) is 10.3 Å². The average Bonchev–Trinajstić information content (AvgIpc) is 2.67. The number of hydrogen-bond acceptors (Lipinski definition) is 4. The monoisotopic (exact) mass is 350 g/mol. The van der Waals surface area contributed by atoms with E-state index in [1.807, 2.05) is 12.1 Å². The molecule has 3 rings (SSSR count). The van der Waals surface area contributed by atoms with E-state index < -0.39 is 17.9 Å². The van der Waals surface area contributed by atoms with Crippen LogP contribution in [-0.2, 0) is 11.2 Å². The molecule has 1 amide bonds. The molecule has 0 radical (unpaired) electrons. The lowest BCUT2D eigenvalue weighted by Crippen LogP contribution is -2.42. The minimum absolute atomic E-state index is 0.175. The second-order valence-corrected chi connectivity index (χ2v) is 5.79. The third-order valence-electron chi connectivity index (χ3n) is 4.10. The number of nitrogens with zero attached hydrogens (tertiary/aromatic N) is 1. The van der Waals surface area contributed by atoms with Crippen molar-refractivity contribution >= 4 is 22.8 Å². The maximum Gasteiger partial charge on any atom is 0.326 e. The average molecular weight is 350 g/mol. The number of aromatic nitrogens is 1. The van der Waals surface area contributed by atoms with Gasteiger partial charge in [0.1, 0.15) is 11.8 Å². The molecule has 3 aromatic rings. The van der Waals surface area contributed by atoms with Gasteiger partial charge in [-0.25, -0.2) is 4.79 Å². The third kappa shape index (κ3) is 3.80. The molecule has 0 unspecified atom stereocenters. The lowest BCUT2D eigenvalue weighted by molar-refractivity contribution is -0.139. The molecule has 0 fully saturated rings. The summed E-state index contributed by atoms with van der Waals surface area (Å²) in [7, 11) is 1.56. The molecule has 1 heterocycles. The minimum atomic E-state index is -1.09. The number of carboxylic acid groups (broad SMARTS) is 1. The molecule has 0 spiro atoms. The Labute approximate surface area is 150 Å². The van der Waals surface area contributed by atoms with E-state index in [-0.39, 0.29) is 6.42 Å². The molecule has 0 aliphatic rings. The summed E-state index contributed by atoms with van der Waals surface area (Å²) in [6, 6.07) is 14.9. The number of nitrogens with one attached hydrogen (secondary N) is 1. The molecule has 0 bridgehead atoms. The van der Waals surface area contributed by atoms with Gasteiger partial charge >= 0.3 is 5.97 Å². The number of para-hydroxylation sites is 1. The van der Waals surface area contributed by atoms with E-state index in [4.69, 9.17) is 4.74 Å². The first-order chi connectivity index (χ1) is 12.6. The number of amides is 1. The second-order valence-electron chi connectivity index (χ2n) is 5.79. The summed E-state index contributed by atoms with van der Waals surface area (Å²) in [5.41, 5.74) is 1.87. The number of fused-ring (bicyclic) bond motifs is 1. The largest absolute Gasteiger partial charge is 0.497 e. The van der Waals surface area contributed by atoms with Gasteiger partial charge in [0, 0.05) is 18.0 Å². The number of rotatable bonds is 6. The highest BCUT2D eigenvalue weighted by molar-refractivity contribution is 6.06. The second kappa shape index (κ2) is 7.65. The van der Waals surface area contributed by atoms with Crippen LogP contribution < -0.4 is 10.1 Å². The van der Waals surface area contributed by atoms with Crippen LogP contribution in [0.2, 0.25) is 0 Å². The summed E-state index contributed by atoms with van der Waals surface area (Å²) in [5.74, 6) is -0.843. The molecule has 0 aliphatic carbocycles. The smallest absolute Gasteiger partial charge is 0.326 e. The molecule has 1 aromatic heterocycles. The number of ether oxygens (including phenoxy) is 1. The fourth-order valence-corrected chi connectivity index (χ4v) is 2.73. The summed E-state index contributed by atoms with van der Waals surface area (Å²) in [4.78, 5) is 28.5. The van der Waals surface area contributed by atoms with E-state index in [1.54, 1.807) is 49.6 Å².